The maximum absolute atomic E-state index is 12.2. The van der Waals surface area contributed by atoms with Gasteiger partial charge in [0, 0.05) is 24.4 Å². The molecule has 2 heterocycles. The SMILES string of the molecule is O=C(NC[C@@H]1CCCO1)c1cccc(NC(=O)c2ccc(Br)o2)c1. The summed E-state index contributed by atoms with van der Waals surface area (Å²) in [5.74, 6) is -0.380. The molecule has 2 N–H and O–H groups in total. The smallest absolute Gasteiger partial charge is 0.291 e. The number of hydrogen-bond donors (Lipinski definition) is 2. The van der Waals surface area contributed by atoms with Gasteiger partial charge in [-0.3, -0.25) is 9.59 Å². The predicted molar refractivity (Wildman–Crippen MR) is 92.1 cm³/mol. The molecule has 2 aromatic rings. The minimum Gasteiger partial charge on any atom is -0.444 e. The minimum atomic E-state index is -0.377. The van der Waals surface area contributed by atoms with Crippen LogP contribution in [-0.2, 0) is 4.74 Å². The van der Waals surface area contributed by atoms with Gasteiger partial charge in [0.15, 0.2) is 10.4 Å². The van der Waals surface area contributed by atoms with Gasteiger partial charge < -0.3 is 19.8 Å². The van der Waals surface area contributed by atoms with E-state index in [0.29, 0.717) is 22.5 Å². The lowest BCUT2D eigenvalue weighted by Crippen LogP contribution is -2.31. The number of furan rings is 1. The fourth-order valence-corrected chi connectivity index (χ4v) is 2.79. The number of halogens is 1. The fourth-order valence-electron chi connectivity index (χ4n) is 2.48. The quantitative estimate of drug-likeness (QED) is 0.818. The van der Waals surface area contributed by atoms with E-state index >= 15 is 0 Å². The number of rotatable bonds is 5. The second-order valence-corrected chi connectivity index (χ2v) is 6.27. The third-order valence-electron chi connectivity index (χ3n) is 3.69. The van der Waals surface area contributed by atoms with Crippen molar-refractivity contribution in [2.75, 3.05) is 18.5 Å². The van der Waals surface area contributed by atoms with Crippen LogP contribution in [0.15, 0.2) is 45.5 Å². The number of ether oxygens (including phenoxy) is 1. The Morgan fingerprint density at radius 1 is 1.21 bits per heavy atom. The van der Waals surface area contributed by atoms with Crippen LogP contribution < -0.4 is 10.6 Å². The van der Waals surface area contributed by atoms with Crippen molar-refractivity contribution in [2.24, 2.45) is 0 Å². The van der Waals surface area contributed by atoms with E-state index in [2.05, 4.69) is 26.6 Å². The molecule has 0 radical (unpaired) electrons. The average molecular weight is 393 g/mol. The maximum Gasteiger partial charge on any atom is 0.291 e. The van der Waals surface area contributed by atoms with Crippen molar-refractivity contribution in [3.05, 3.63) is 52.4 Å². The first-order chi connectivity index (χ1) is 11.6. The van der Waals surface area contributed by atoms with E-state index in [9.17, 15) is 9.59 Å². The molecule has 1 aromatic heterocycles. The molecule has 1 aromatic carbocycles. The molecule has 1 aliphatic rings. The first-order valence-electron chi connectivity index (χ1n) is 7.68. The van der Waals surface area contributed by atoms with Crippen LogP contribution in [0.3, 0.4) is 0 Å². The summed E-state index contributed by atoms with van der Waals surface area (Å²) in [6, 6.07) is 9.97. The number of anilines is 1. The fraction of sp³-hybridized carbons (Fsp3) is 0.294. The normalized spacial score (nSPS) is 16.8. The molecule has 0 saturated carbocycles. The largest absolute Gasteiger partial charge is 0.444 e. The van der Waals surface area contributed by atoms with Gasteiger partial charge in [-0.1, -0.05) is 6.07 Å². The van der Waals surface area contributed by atoms with Crippen LogP contribution in [0.5, 0.6) is 0 Å². The van der Waals surface area contributed by atoms with Crippen molar-refractivity contribution in [1.82, 2.24) is 5.32 Å². The van der Waals surface area contributed by atoms with E-state index in [1.807, 2.05) is 0 Å². The number of carbonyl (C=O) groups excluding carboxylic acids is 2. The summed E-state index contributed by atoms with van der Waals surface area (Å²) in [6.45, 7) is 1.25. The van der Waals surface area contributed by atoms with Crippen molar-refractivity contribution in [1.29, 1.82) is 0 Å². The number of carbonyl (C=O) groups is 2. The summed E-state index contributed by atoms with van der Waals surface area (Å²) in [5.41, 5.74) is 1.00. The van der Waals surface area contributed by atoms with Gasteiger partial charge in [-0.05, 0) is 59.1 Å². The molecule has 1 atom stereocenters. The van der Waals surface area contributed by atoms with E-state index < -0.39 is 0 Å². The summed E-state index contributed by atoms with van der Waals surface area (Å²) in [5, 5.41) is 5.56. The number of hydrogen-bond acceptors (Lipinski definition) is 4. The average Bonchev–Trinajstić information content (AvgIpc) is 3.24. The highest BCUT2D eigenvalue weighted by atomic mass is 79.9. The minimum absolute atomic E-state index is 0.0919. The van der Waals surface area contributed by atoms with Crippen LogP contribution in [-0.4, -0.2) is 31.1 Å². The Kier molecular flexibility index (Phi) is 5.32. The molecule has 24 heavy (non-hydrogen) atoms. The Morgan fingerprint density at radius 3 is 2.79 bits per heavy atom. The molecular weight excluding hydrogens is 376 g/mol. The molecular formula is C17H17BrN2O4. The van der Waals surface area contributed by atoms with Crippen LogP contribution in [0.2, 0.25) is 0 Å². The highest BCUT2D eigenvalue weighted by Gasteiger charge is 2.17. The lowest BCUT2D eigenvalue weighted by Gasteiger charge is -2.11. The summed E-state index contributed by atoms with van der Waals surface area (Å²) < 4.78 is 11.2. The highest BCUT2D eigenvalue weighted by Crippen LogP contribution is 2.17. The van der Waals surface area contributed by atoms with E-state index in [0.717, 1.165) is 19.4 Å². The van der Waals surface area contributed by atoms with E-state index in [1.54, 1.807) is 36.4 Å². The third-order valence-corrected chi connectivity index (χ3v) is 4.12. The van der Waals surface area contributed by atoms with Crippen molar-refractivity contribution < 1.29 is 18.7 Å². The topological polar surface area (TPSA) is 80.6 Å². The van der Waals surface area contributed by atoms with Gasteiger partial charge in [-0.2, -0.15) is 0 Å². The molecule has 1 aliphatic heterocycles. The molecule has 7 heteroatoms. The number of amides is 2. The molecule has 1 fully saturated rings. The summed E-state index contributed by atoms with van der Waals surface area (Å²) in [4.78, 5) is 24.3. The van der Waals surface area contributed by atoms with Gasteiger partial charge in [0.2, 0.25) is 0 Å². The number of benzene rings is 1. The van der Waals surface area contributed by atoms with E-state index in [1.165, 1.54) is 0 Å². The van der Waals surface area contributed by atoms with Crippen molar-refractivity contribution >= 4 is 33.4 Å². The summed E-state index contributed by atoms with van der Waals surface area (Å²) in [7, 11) is 0. The van der Waals surface area contributed by atoms with Crippen molar-refractivity contribution in [3.8, 4) is 0 Å². The van der Waals surface area contributed by atoms with Crippen LogP contribution >= 0.6 is 15.9 Å². The summed E-state index contributed by atoms with van der Waals surface area (Å²) in [6.07, 6.45) is 2.09. The van der Waals surface area contributed by atoms with Gasteiger partial charge in [-0.15, -0.1) is 0 Å². The second kappa shape index (κ2) is 7.63. The first kappa shape index (κ1) is 16.7. The predicted octanol–water partition coefficient (Wildman–Crippen LogP) is 3.20. The van der Waals surface area contributed by atoms with E-state index in [4.69, 9.17) is 9.15 Å². The van der Waals surface area contributed by atoms with Gasteiger partial charge >= 0.3 is 0 Å². The number of nitrogens with one attached hydrogen (secondary N) is 2. The highest BCUT2D eigenvalue weighted by molar-refractivity contribution is 9.10. The molecule has 0 unspecified atom stereocenters. The lowest BCUT2D eigenvalue weighted by molar-refractivity contribution is 0.0857. The molecule has 2 amide bonds. The Labute approximate surface area is 147 Å². The lowest BCUT2D eigenvalue weighted by atomic mass is 10.1. The second-order valence-electron chi connectivity index (χ2n) is 5.48. The first-order valence-corrected chi connectivity index (χ1v) is 8.47. The monoisotopic (exact) mass is 392 g/mol. The molecule has 1 saturated heterocycles. The molecule has 126 valence electrons. The van der Waals surface area contributed by atoms with E-state index in [-0.39, 0.29) is 23.7 Å². The van der Waals surface area contributed by atoms with Crippen LogP contribution in [0.4, 0.5) is 5.69 Å². The molecule has 0 bridgehead atoms. The van der Waals surface area contributed by atoms with Crippen LogP contribution in [0, 0.1) is 0 Å². The van der Waals surface area contributed by atoms with Crippen molar-refractivity contribution in [3.63, 3.8) is 0 Å². The van der Waals surface area contributed by atoms with Crippen LogP contribution in [0.1, 0.15) is 33.8 Å². The zero-order valence-electron chi connectivity index (χ0n) is 12.9. The maximum atomic E-state index is 12.2. The Bertz CT molecular complexity index is 738. The van der Waals surface area contributed by atoms with Crippen LogP contribution in [0.25, 0.3) is 0 Å². The Hall–Kier alpha value is -2.12. The molecule has 3 rings (SSSR count). The van der Waals surface area contributed by atoms with Crippen molar-refractivity contribution in [2.45, 2.75) is 18.9 Å². The van der Waals surface area contributed by atoms with Gasteiger partial charge in [0.05, 0.1) is 6.10 Å². The third kappa shape index (κ3) is 4.24. The van der Waals surface area contributed by atoms with Gasteiger partial charge in [0.25, 0.3) is 11.8 Å². The Balaban J connectivity index is 1.60. The molecule has 0 spiro atoms. The standard InChI is InChI=1S/C17H17BrN2O4/c18-15-7-6-14(24-15)17(22)20-12-4-1-3-11(9-12)16(21)19-10-13-5-2-8-23-13/h1,3-4,6-7,9,13H,2,5,8,10H2,(H,19,21)(H,20,22)/t13-/m0/s1. The zero-order chi connectivity index (χ0) is 16.9. The van der Waals surface area contributed by atoms with Gasteiger partial charge in [0.1, 0.15) is 0 Å². The zero-order valence-corrected chi connectivity index (χ0v) is 14.5. The molecule has 6 nitrogen and oxygen atoms in total. The molecule has 0 aliphatic carbocycles. The van der Waals surface area contributed by atoms with Gasteiger partial charge in [-0.25, -0.2) is 0 Å². The Morgan fingerprint density at radius 2 is 2.08 bits per heavy atom. The summed E-state index contributed by atoms with van der Waals surface area (Å²) >= 11 is 3.15.